The van der Waals surface area contributed by atoms with E-state index in [0.717, 1.165) is 19.5 Å². The van der Waals surface area contributed by atoms with Gasteiger partial charge in [0.15, 0.2) is 0 Å². The largest absolute Gasteiger partial charge is 0.444 e. The number of hydrogen-bond donors (Lipinski definition) is 2. The van der Waals surface area contributed by atoms with Gasteiger partial charge in [-0.1, -0.05) is 19.8 Å². The molecule has 1 heterocycles. The summed E-state index contributed by atoms with van der Waals surface area (Å²) < 4.78 is 7.55. The Morgan fingerprint density at radius 1 is 1.40 bits per heavy atom. The number of imidazole rings is 1. The molecule has 2 N–H and O–H groups in total. The number of aryl methyl sites for hydroxylation is 1. The van der Waals surface area contributed by atoms with Gasteiger partial charge < -0.3 is 19.9 Å². The zero-order valence-corrected chi connectivity index (χ0v) is 16.2. The molecule has 0 aliphatic heterocycles. The van der Waals surface area contributed by atoms with Gasteiger partial charge in [0.05, 0.1) is 12.0 Å². The number of rotatable bonds is 8. The summed E-state index contributed by atoms with van der Waals surface area (Å²) >= 11 is 0. The highest BCUT2D eigenvalue weighted by atomic mass is 16.6. The Balaban J connectivity index is 1.89. The standard InChI is InChI=1S/C19H34N4O2/c1-5-10-23-14-20-11-16(23)12-21-17(15-8-6-7-9-15)13-22-18(24)25-19(2,3)4/h11,14-15,17,21H,5-10,12-13H2,1-4H3,(H,22,24). The van der Waals surface area contributed by atoms with Crippen molar-refractivity contribution < 1.29 is 9.53 Å². The molecule has 0 radical (unpaired) electrons. The summed E-state index contributed by atoms with van der Waals surface area (Å²) in [6.45, 7) is 10.2. The molecule has 6 nitrogen and oxygen atoms in total. The summed E-state index contributed by atoms with van der Waals surface area (Å²) in [6, 6.07) is 0.264. The van der Waals surface area contributed by atoms with Gasteiger partial charge in [0.2, 0.25) is 0 Å². The molecular formula is C19H34N4O2. The van der Waals surface area contributed by atoms with E-state index in [9.17, 15) is 4.79 Å². The van der Waals surface area contributed by atoms with Crippen LogP contribution in [0.25, 0.3) is 0 Å². The highest BCUT2D eigenvalue weighted by Gasteiger charge is 2.26. The first kappa shape index (κ1) is 19.8. The quantitative estimate of drug-likeness (QED) is 0.753. The van der Waals surface area contributed by atoms with Gasteiger partial charge >= 0.3 is 6.09 Å². The Morgan fingerprint density at radius 2 is 2.12 bits per heavy atom. The van der Waals surface area contributed by atoms with Crippen LogP contribution < -0.4 is 10.6 Å². The van der Waals surface area contributed by atoms with E-state index in [-0.39, 0.29) is 12.1 Å². The lowest BCUT2D eigenvalue weighted by Crippen LogP contribution is -2.46. The first-order chi connectivity index (χ1) is 11.9. The van der Waals surface area contributed by atoms with Crippen LogP contribution in [-0.4, -0.2) is 33.8 Å². The van der Waals surface area contributed by atoms with E-state index in [1.54, 1.807) is 0 Å². The van der Waals surface area contributed by atoms with Gasteiger partial charge in [-0.15, -0.1) is 0 Å². The fraction of sp³-hybridized carbons (Fsp3) is 0.789. The summed E-state index contributed by atoms with van der Waals surface area (Å²) in [5.74, 6) is 0.609. The maximum Gasteiger partial charge on any atom is 0.407 e. The van der Waals surface area contributed by atoms with Gasteiger partial charge in [0.1, 0.15) is 5.60 Å². The van der Waals surface area contributed by atoms with Crippen molar-refractivity contribution in [3.63, 3.8) is 0 Å². The normalized spacial score (nSPS) is 16.8. The summed E-state index contributed by atoms with van der Waals surface area (Å²) in [7, 11) is 0. The lowest BCUT2D eigenvalue weighted by atomic mass is 9.98. The first-order valence-electron chi connectivity index (χ1n) is 9.58. The molecule has 0 spiro atoms. The van der Waals surface area contributed by atoms with Gasteiger partial charge in [0, 0.05) is 31.9 Å². The van der Waals surface area contributed by atoms with Crippen LogP contribution in [0.15, 0.2) is 12.5 Å². The number of aromatic nitrogens is 2. The lowest BCUT2D eigenvalue weighted by molar-refractivity contribution is 0.0518. The number of ether oxygens (including phenoxy) is 1. The van der Waals surface area contributed by atoms with Gasteiger partial charge in [-0.3, -0.25) is 0 Å². The highest BCUT2D eigenvalue weighted by molar-refractivity contribution is 5.67. The molecule has 2 rings (SSSR count). The number of nitrogens with one attached hydrogen (secondary N) is 2. The topological polar surface area (TPSA) is 68.2 Å². The third kappa shape index (κ3) is 6.69. The molecule has 142 valence electrons. The summed E-state index contributed by atoms with van der Waals surface area (Å²) in [5.41, 5.74) is 0.731. The Hall–Kier alpha value is -1.56. The van der Waals surface area contributed by atoms with Crippen LogP contribution in [0.4, 0.5) is 4.79 Å². The second-order valence-electron chi connectivity index (χ2n) is 7.99. The molecule has 25 heavy (non-hydrogen) atoms. The predicted octanol–water partition coefficient (Wildman–Crippen LogP) is 3.47. The highest BCUT2D eigenvalue weighted by Crippen LogP contribution is 2.27. The average Bonchev–Trinajstić information content (AvgIpc) is 3.18. The number of nitrogens with zero attached hydrogens (tertiary/aromatic N) is 2. The van der Waals surface area contributed by atoms with E-state index >= 15 is 0 Å². The smallest absolute Gasteiger partial charge is 0.407 e. The molecule has 1 aliphatic carbocycles. The maximum absolute atomic E-state index is 12.0. The zero-order valence-electron chi connectivity index (χ0n) is 16.2. The van der Waals surface area contributed by atoms with Crippen molar-refractivity contribution in [2.45, 2.75) is 84.5 Å². The number of amides is 1. The molecule has 1 amide bonds. The SMILES string of the molecule is CCCn1cncc1CNC(CNC(=O)OC(C)(C)C)C1CCCC1. The summed E-state index contributed by atoms with van der Waals surface area (Å²) in [4.78, 5) is 16.2. The van der Waals surface area contributed by atoms with Crippen molar-refractivity contribution in [2.75, 3.05) is 6.54 Å². The number of carbonyl (C=O) groups excluding carboxylic acids is 1. The third-order valence-corrected chi connectivity index (χ3v) is 4.64. The molecule has 0 saturated heterocycles. The lowest BCUT2D eigenvalue weighted by Gasteiger charge is -2.26. The van der Waals surface area contributed by atoms with Crippen molar-refractivity contribution in [2.24, 2.45) is 5.92 Å². The van der Waals surface area contributed by atoms with Gasteiger partial charge in [-0.05, 0) is 46.0 Å². The number of hydrogen-bond acceptors (Lipinski definition) is 4. The van der Waals surface area contributed by atoms with Crippen molar-refractivity contribution >= 4 is 6.09 Å². The minimum atomic E-state index is -0.465. The predicted molar refractivity (Wildman–Crippen MR) is 99.3 cm³/mol. The molecule has 1 aliphatic rings. The van der Waals surface area contributed by atoms with Crippen LogP contribution in [0.2, 0.25) is 0 Å². The van der Waals surface area contributed by atoms with E-state index in [4.69, 9.17) is 4.74 Å². The molecule has 1 aromatic rings. The summed E-state index contributed by atoms with van der Waals surface area (Å²) in [6.07, 6.45) is 9.58. The van der Waals surface area contributed by atoms with Crippen LogP contribution in [0, 0.1) is 5.92 Å². The van der Waals surface area contributed by atoms with E-state index < -0.39 is 5.60 Å². The molecule has 1 aromatic heterocycles. The Morgan fingerprint density at radius 3 is 2.76 bits per heavy atom. The van der Waals surface area contributed by atoms with Gasteiger partial charge in [0.25, 0.3) is 0 Å². The van der Waals surface area contributed by atoms with Crippen molar-refractivity contribution in [1.82, 2.24) is 20.2 Å². The zero-order chi connectivity index (χ0) is 18.3. The van der Waals surface area contributed by atoms with Crippen LogP contribution in [0.3, 0.4) is 0 Å². The van der Waals surface area contributed by atoms with E-state index in [2.05, 4.69) is 27.1 Å². The third-order valence-electron chi connectivity index (χ3n) is 4.64. The van der Waals surface area contributed by atoms with Crippen LogP contribution in [0.5, 0.6) is 0 Å². The average molecular weight is 351 g/mol. The van der Waals surface area contributed by atoms with Crippen molar-refractivity contribution in [3.8, 4) is 0 Å². The van der Waals surface area contributed by atoms with Crippen molar-refractivity contribution in [1.29, 1.82) is 0 Å². The molecule has 6 heteroatoms. The molecule has 1 fully saturated rings. The first-order valence-corrected chi connectivity index (χ1v) is 9.58. The Labute approximate surface area is 151 Å². The monoisotopic (exact) mass is 350 g/mol. The fourth-order valence-corrected chi connectivity index (χ4v) is 3.45. The molecule has 1 unspecified atom stereocenters. The second-order valence-corrected chi connectivity index (χ2v) is 7.99. The minimum Gasteiger partial charge on any atom is -0.444 e. The summed E-state index contributed by atoms with van der Waals surface area (Å²) in [5, 5.41) is 6.59. The van der Waals surface area contributed by atoms with Crippen LogP contribution in [0.1, 0.15) is 65.5 Å². The van der Waals surface area contributed by atoms with Crippen LogP contribution in [-0.2, 0) is 17.8 Å². The van der Waals surface area contributed by atoms with E-state index in [1.807, 2.05) is 33.3 Å². The number of alkyl carbamates (subject to hydrolysis) is 1. The van der Waals surface area contributed by atoms with Gasteiger partial charge in [-0.2, -0.15) is 0 Å². The number of carbonyl (C=O) groups is 1. The fourth-order valence-electron chi connectivity index (χ4n) is 3.45. The van der Waals surface area contributed by atoms with Crippen molar-refractivity contribution in [3.05, 3.63) is 18.2 Å². The molecule has 1 atom stereocenters. The van der Waals surface area contributed by atoms with E-state index in [0.29, 0.717) is 12.5 Å². The minimum absolute atomic E-state index is 0.264. The second kappa shape index (κ2) is 9.22. The Kier molecular flexibility index (Phi) is 7.29. The molecule has 1 saturated carbocycles. The van der Waals surface area contributed by atoms with Gasteiger partial charge in [-0.25, -0.2) is 9.78 Å². The molecular weight excluding hydrogens is 316 g/mol. The Bertz CT molecular complexity index is 530. The molecule has 0 bridgehead atoms. The maximum atomic E-state index is 12.0. The van der Waals surface area contributed by atoms with E-state index in [1.165, 1.54) is 31.4 Å². The molecule has 0 aromatic carbocycles. The van der Waals surface area contributed by atoms with Crippen LogP contribution >= 0.6 is 0 Å².